The Morgan fingerprint density at radius 1 is 0.587 bits per heavy atom. The average molecular weight is 677 g/mol. The Morgan fingerprint density at radius 2 is 0.978 bits per heavy atom. The SMILES string of the molecule is CCCCCCCCCCCCCCCCNCC(COCCCCCCCCCCCCCC)OP(=O)([O-])OCC[N+](C)(C)C. The lowest BCUT2D eigenvalue weighted by atomic mass is 10.0. The minimum Gasteiger partial charge on any atom is -0.756 e. The van der Waals surface area contributed by atoms with E-state index in [1.807, 2.05) is 21.1 Å². The van der Waals surface area contributed by atoms with Gasteiger partial charge in [-0.25, -0.2) is 0 Å². The van der Waals surface area contributed by atoms with Crippen LogP contribution in [0.15, 0.2) is 0 Å². The zero-order valence-electron chi connectivity index (χ0n) is 31.6. The monoisotopic (exact) mass is 677 g/mol. The topological polar surface area (TPSA) is 79.9 Å². The molecule has 7 nitrogen and oxygen atoms in total. The van der Waals surface area contributed by atoms with Crippen molar-refractivity contribution in [1.29, 1.82) is 0 Å². The van der Waals surface area contributed by atoms with Gasteiger partial charge in [0.25, 0.3) is 7.82 Å². The Morgan fingerprint density at radius 3 is 1.39 bits per heavy atom. The Labute approximate surface area is 287 Å². The number of unbranched alkanes of at least 4 members (excludes halogenated alkanes) is 24. The van der Waals surface area contributed by atoms with Crippen LogP contribution in [-0.2, 0) is 18.3 Å². The molecule has 0 aromatic heterocycles. The van der Waals surface area contributed by atoms with Crippen LogP contribution in [0.5, 0.6) is 0 Å². The number of quaternary nitrogens is 1. The third-order valence-corrected chi connectivity index (χ3v) is 9.87. The summed E-state index contributed by atoms with van der Waals surface area (Å²) in [6, 6.07) is 0. The highest BCUT2D eigenvalue weighted by Gasteiger charge is 2.20. The van der Waals surface area contributed by atoms with E-state index in [1.54, 1.807) is 0 Å². The van der Waals surface area contributed by atoms with Crippen molar-refractivity contribution in [3.8, 4) is 0 Å². The number of hydrogen-bond acceptors (Lipinski definition) is 6. The predicted molar refractivity (Wildman–Crippen MR) is 196 cm³/mol. The van der Waals surface area contributed by atoms with Gasteiger partial charge in [-0.3, -0.25) is 4.57 Å². The van der Waals surface area contributed by atoms with Crippen LogP contribution >= 0.6 is 7.82 Å². The van der Waals surface area contributed by atoms with E-state index in [0.29, 0.717) is 24.2 Å². The number of phosphoric ester groups is 1. The average Bonchev–Trinajstić information content (AvgIpc) is 3.00. The fourth-order valence-electron chi connectivity index (χ4n) is 5.73. The second-order valence-corrected chi connectivity index (χ2v) is 16.1. The quantitative estimate of drug-likeness (QED) is 0.0398. The fraction of sp³-hybridized carbons (Fsp3) is 1.00. The number of likely N-dealkylation sites (N-methyl/N-ethyl adjacent to an activating group) is 1. The van der Waals surface area contributed by atoms with Crippen molar-refractivity contribution >= 4 is 7.82 Å². The molecular formula is C38H81N2O5P. The molecule has 46 heavy (non-hydrogen) atoms. The summed E-state index contributed by atoms with van der Waals surface area (Å²) >= 11 is 0. The van der Waals surface area contributed by atoms with Crippen molar-refractivity contribution in [2.24, 2.45) is 0 Å². The van der Waals surface area contributed by atoms with Gasteiger partial charge >= 0.3 is 0 Å². The Kier molecular flexibility index (Phi) is 33.5. The van der Waals surface area contributed by atoms with E-state index in [-0.39, 0.29) is 13.2 Å². The molecule has 0 aromatic rings. The van der Waals surface area contributed by atoms with Gasteiger partial charge in [0.05, 0.1) is 27.7 Å². The summed E-state index contributed by atoms with van der Waals surface area (Å²) in [4.78, 5) is 12.5. The molecule has 0 rings (SSSR count). The third kappa shape index (κ3) is 36.8. The highest BCUT2D eigenvalue weighted by Crippen LogP contribution is 2.39. The molecule has 2 atom stereocenters. The fourth-order valence-corrected chi connectivity index (χ4v) is 6.60. The standard InChI is InChI=1S/C38H81N2O5P/c1-6-8-10-12-14-16-18-20-21-22-24-26-28-30-32-39-36-38(45-46(41,42)44-35-33-40(3,4)5)37-43-34-31-29-27-25-23-19-17-15-13-11-9-7-2/h38-39H,6-37H2,1-5H3. The van der Waals surface area contributed by atoms with Crippen molar-refractivity contribution in [3.63, 3.8) is 0 Å². The van der Waals surface area contributed by atoms with Crippen molar-refractivity contribution < 1.29 is 27.7 Å². The molecule has 0 aromatic carbocycles. The second kappa shape index (κ2) is 33.5. The van der Waals surface area contributed by atoms with Gasteiger partial charge < -0.3 is 28.5 Å². The molecule has 278 valence electrons. The maximum Gasteiger partial charge on any atom is 0.268 e. The molecule has 0 heterocycles. The van der Waals surface area contributed by atoms with Crippen LogP contribution in [-0.4, -0.2) is 71.2 Å². The summed E-state index contributed by atoms with van der Waals surface area (Å²) < 4.78 is 29.7. The summed E-state index contributed by atoms with van der Waals surface area (Å²) in [6.07, 6.45) is 33.9. The van der Waals surface area contributed by atoms with Crippen LogP contribution in [0.4, 0.5) is 0 Å². The summed E-state index contributed by atoms with van der Waals surface area (Å²) in [7, 11) is 1.63. The van der Waals surface area contributed by atoms with Crippen LogP contribution in [0, 0.1) is 0 Å². The molecule has 2 unspecified atom stereocenters. The summed E-state index contributed by atoms with van der Waals surface area (Å²) in [5.74, 6) is 0. The van der Waals surface area contributed by atoms with Crippen molar-refractivity contribution in [1.82, 2.24) is 5.32 Å². The number of hydrogen-bond donors (Lipinski definition) is 1. The second-order valence-electron chi connectivity index (χ2n) is 14.8. The molecule has 1 N–H and O–H groups in total. The summed E-state index contributed by atoms with van der Waals surface area (Å²) in [6.45, 7) is 7.46. The maximum absolute atomic E-state index is 12.5. The summed E-state index contributed by atoms with van der Waals surface area (Å²) in [5.41, 5.74) is 0. The lowest BCUT2D eigenvalue weighted by Crippen LogP contribution is -2.38. The van der Waals surface area contributed by atoms with Gasteiger partial charge in [0, 0.05) is 13.2 Å². The predicted octanol–water partition coefficient (Wildman–Crippen LogP) is 10.4. The number of nitrogens with one attached hydrogen (secondary N) is 1. The highest BCUT2D eigenvalue weighted by atomic mass is 31.2. The van der Waals surface area contributed by atoms with Gasteiger partial charge in [-0.05, 0) is 19.4 Å². The van der Waals surface area contributed by atoms with E-state index in [2.05, 4.69) is 19.2 Å². The first-order valence-corrected chi connectivity index (χ1v) is 21.4. The zero-order chi connectivity index (χ0) is 34.0. The Hall–Kier alpha value is -0.0100. The van der Waals surface area contributed by atoms with Crippen LogP contribution in [0.3, 0.4) is 0 Å². The van der Waals surface area contributed by atoms with E-state index >= 15 is 0 Å². The number of phosphoric acid groups is 1. The van der Waals surface area contributed by atoms with Crippen LogP contribution < -0.4 is 10.2 Å². The molecule has 0 spiro atoms. The van der Waals surface area contributed by atoms with E-state index < -0.39 is 13.9 Å². The molecule has 0 aliphatic carbocycles. The minimum atomic E-state index is -4.39. The first-order valence-electron chi connectivity index (χ1n) is 19.9. The molecule has 0 radical (unpaired) electrons. The molecule has 0 saturated heterocycles. The lowest BCUT2D eigenvalue weighted by molar-refractivity contribution is -0.870. The van der Waals surface area contributed by atoms with Crippen molar-refractivity contribution in [2.75, 3.05) is 60.6 Å². The zero-order valence-corrected chi connectivity index (χ0v) is 32.5. The van der Waals surface area contributed by atoms with E-state index in [0.717, 1.165) is 25.8 Å². The lowest BCUT2D eigenvalue weighted by Gasteiger charge is -2.30. The van der Waals surface area contributed by atoms with Crippen LogP contribution in [0.2, 0.25) is 0 Å². The van der Waals surface area contributed by atoms with Gasteiger partial charge in [0.2, 0.25) is 0 Å². The third-order valence-electron chi connectivity index (χ3n) is 8.81. The molecular weight excluding hydrogens is 595 g/mol. The smallest absolute Gasteiger partial charge is 0.268 e. The van der Waals surface area contributed by atoms with Crippen molar-refractivity contribution in [3.05, 3.63) is 0 Å². The molecule has 0 aliphatic rings. The molecule has 0 fully saturated rings. The van der Waals surface area contributed by atoms with Gasteiger partial charge in [-0.1, -0.05) is 168 Å². The van der Waals surface area contributed by atoms with Gasteiger partial charge in [0.1, 0.15) is 19.3 Å². The van der Waals surface area contributed by atoms with E-state index in [1.165, 1.54) is 148 Å². The number of rotatable bonds is 38. The van der Waals surface area contributed by atoms with Crippen molar-refractivity contribution in [2.45, 2.75) is 187 Å². The minimum absolute atomic E-state index is 0.114. The molecule has 0 bridgehead atoms. The molecule has 0 amide bonds. The first-order chi connectivity index (χ1) is 22.2. The first kappa shape index (κ1) is 46.0. The Bertz CT molecular complexity index is 661. The summed E-state index contributed by atoms with van der Waals surface area (Å²) in [5, 5.41) is 3.41. The molecule has 8 heteroatoms. The molecule has 0 saturated carbocycles. The maximum atomic E-state index is 12.5. The van der Waals surface area contributed by atoms with Gasteiger partial charge in [-0.2, -0.15) is 0 Å². The number of ether oxygens (including phenoxy) is 1. The normalized spacial score (nSPS) is 14.1. The van der Waals surface area contributed by atoms with Crippen LogP contribution in [0.1, 0.15) is 181 Å². The van der Waals surface area contributed by atoms with E-state index in [9.17, 15) is 9.46 Å². The largest absolute Gasteiger partial charge is 0.756 e. The number of nitrogens with zero attached hydrogens (tertiary/aromatic N) is 1. The Balaban J connectivity index is 4.07. The molecule has 0 aliphatic heterocycles. The van der Waals surface area contributed by atoms with E-state index in [4.69, 9.17) is 13.8 Å². The van der Waals surface area contributed by atoms with Crippen LogP contribution in [0.25, 0.3) is 0 Å². The van der Waals surface area contributed by atoms with Gasteiger partial charge in [-0.15, -0.1) is 0 Å². The highest BCUT2D eigenvalue weighted by molar-refractivity contribution is 7.45. The van der Waals surface area contributed by atoms with Gasteiger partial charge in [0.15, 0.2) is 0 Å².